The first-order valence-electron chi connectivity index (χ1n) is 8.37. The first-order valence-corrected chi connectivity index (χ1v) is 9.16. The van der Waals surface area contributed by atoms with Gasteiger partial charge in [-0.2, -0.15) is 0 Å². The SMILES string of the molecule is Cn1cc(C2=C(c3c[nH]c4ccccc34)C(=O)OC2=O)c2cccc(Br)c21. The van der Waals surface area contributed by atoms with E-state index >= 15 is 0 Å². The third kappa shape index (κ3) is 2.23. The first kappa shape index (κ1) is 16.1. The van der Waals surface area contributed by atoms with Gasteiger partial charge in [-0.1, -0.05) is 30.3 Å². The summed E-state index contributed by atoms with van der Waals surface area (Å²) in [7, 11) is 1.91. The van der Waals surface area contributed by atoms with Crippen LogP contribution in [0.25, 0.3) is 33.0 Å². The van der Waals surface area contributed by atoms with Gasteiger partial charge in [-0.25, -0.2) is 9.59 Å². The molecular formula is C21H13BrN2O3. The normalized spacial score (nSPS) is 14.6. The highest BCUT2D eigenvalue weighted by atomic mass is 79.9. The number of halogens is 1. The average Bonchev–Trinajstić information content (AvgIpc) is 3.29. The second-order valence-corrected chi connectivity index (χ2v) is 7.32. The minimum Gasteiger partial charge on any atom is -0.386 e. The zero-order chi connectivity index (χ0) is 18.7. The number of ether oxygens (including phenoxy) is 1. The lowest BCUT2D eigenvalue weighted by atomic mass is 9.95. The third-order valence-electron chi connectivity index (χ3n) is 4.92. The number of hydrogen-bond donors (Lipinski definition) is 1. The Morgan fingerprint density at radius 1 is 0.926 bits per heavy atom. The number of nitrogens with one attached hydrogen (secondary N) is 1. The van der Waals surface area contributed by atoms with E-state index in [0.717, 1.165) is 26.3 Å². The van der Waals surface area contributed by atoms with Gasteiger partial charge in [-0.3, -0.25) is 0 Å². The molecule has 0 fully saturated rings. The lowest BCUT2D eigenvalue weighted by molar-refractivity contribution is -0.149. The molecule has 2 aromatic heterocycles. The molecule has 1 aliphatic heterocycles. The number of rotatable bonds is 2. The molecule has 27 heavy (non-hydrogen) atoms. The van der Waals surface area contributed by atoms with E-state index < -0.39 is 11.9 Å². The van der Waals surface area contributed by atoms with Crippen molar-refractivity contribution >= 4 is 60.8 Å². The number of para-hydroxylation sites is 2. The van der Waals surface area contributed by atoms with Crippen LogP contribution in [0.4, 0.5) is 0 Å². The Labute approximate surface area is 162 Å². The van der Waals surface area contributed by atoms with Gasteiger partial charge in [0.2, 0.25) is 0 Å². The van der Waals surface area contributed by atoms with Gasteiger partial charge in [0.1, 0.15) is 0 Å². The van der Waals surface area contributed by atoms with E-state index in [-0.39, 0.29) is 0 Å². The highest BCUT2D eigenvalue weighted by Crippen LogP contribution is 2.40. The van der Waals surface area contributed by atoms with E-state index in [4.69, 9.17) is 4.74 Å². The van der Waals surface area contributed by atoms with Gasteiger partial charge in [-0.05, 0) is 28.1 Å². The number of hydrogen-bond acceptors (Lipinski definition) is 3. The lowest BCUT2D eigenvalue weighted by Gasteiger charge is -2.02. The summed E-state index contributed by atoms with van der Waals surface area (Å²) in [5.74, 6) is -1.24. The largest absolute Gasteiger partial charge is 0.386 e. The molecule has 0 amide bonds. The van der Waals surface area contributed by atoms with Crippen LogP contribution in [0.1, 0.15) is 11.1 Å². The number of carbonyl (C=O) groups is 2. The van der Waals surface area contributed by atoms with Crippen molar-refractivity contribution in [1.82, 2.24) is 9.55 Å². The van der Waals surface area contributed by atoms with E-state index in [2.05, 4.69) is 20.9 Å². The molecule has 6 heteroatoms. The van der Waals surface area contributed by atoms with Crippen molar-refractivity contribution < 1.29 is 14.3 Å². The van der Waals surface area contributed by atoms with E-state index in [0.29, 0.717) is 22.3 Å². The van der Waals surface area contributed by atoms with Crippen LogP contribution < -0.4 is 0 Å². The molecule has 0 saturated heterocycles. The van der Waals surface area contributed by atoms with Gasteiger partial charge in [0, 0.05) is 51.3 Å². The molecule has 0 spiro atoms. The number of fused-ring (bicyclic) bond motifs is 2. The topological polar surface area (TPSA) is 64.1 Å². The van der Waals surface area contributed by atoms with Crippen LogP contribution in [0.15, 0.2) is 59.3 Å². The molecule has 132 valence electrons. The lowest BCUT2D eigenvalue weighted by Crippen LogP contribution is -2.01. The number of H-pyrrole nitrogens is 1. The molecule has 2 aromatic carbocycles. The fraction of sp³-hybridized carbons (Fsp3) is 0.0476. The minimum atomic E-state index is -0.619. The molecule has 5 nitrogen and oxygen atoms in total. The number of cyclic esters (lactones) is 2. The van der Waals surface area contributed by atoms with Crippen LogP contribution in [0.5, 0.6) is 0 Å². The molecule has 0 radical (unpaired) electrons. The van der Waals surface area contributed by atoms with Crippen LogP contribution in [-0.2, 0) is 21.4 Å². The van der Waals surface area contributed by atoms with Crippen LogP contribution in [0.2, 0.25) is 0 Å². The molecule has 1 aliphatic rings. The van der Waals surface area contributed by atoms with Crippen molar-refractivity contribution in [2.45, 2.75) is 0 Å². The molecule has 4 aromatic rings. The summed E-state index contributed by atoms with van der Waals surface area (Å²) in [6, 6.07) is 13.4. The second kappa shape index (κ2) is 5.69. The van der Waals surface area contributed by atoms with E-state index in [1.165, 1.54) is 0 Å². The summed E-state index contributed by atoms with van der Waals surface area (Å²) in [5.41, 5.74) is 3.80. The number of aromatic amines is 1. The quantitative estimate of drug-likeness (QED) is 0.385. The Morgan fingerprint density at radius 2 is 1.63 bits per heavy atom. The van der Waals surface area contributed by atoms with Crippen LogP contribution in [-0.4, -0.2) is 21.5 Å². The van der Waals surface area contributed by atoms with Gasteiger partial charge in [0.15, 0.2) is 0 Å². The maximum atomic E-state index is 12.6. The van der Waals surface area contributed by atoms with Crippen LogP contribution in [0.3, 0.4) is 0 Å². The van der Waals surface area contributed by atoms with Gasteiger partial charge in [0.05, 0.1) is 16.7 Å². The highest BCUT2D eigenvalue weighted by molar-refractivity contribution is 9.10. The first-order chi connectivity index (χ1) is 13.1. The van der Waals surface area contributed by atoms with Gasteiger partial charge in [0.25, 0.3) is 0 Å². The fourth-order valence-electron chi connectivity index (χ4n) is 3.78. The molecule has 0 bridgehead atoms. The molecule has 0 unspecified atom stereocenters. The van der Waals surface area contributed by atoms with E-state index in [1.54, 1.807) is 6.20 Å². The predicted molar refractivity (Wildman–Crippen MR) is 107 cm³/mol. The number of benzene rings is 2. The number of esters is 2. The molecule has 5 rings (SSSR count). The molecule has 0 atom stereocenters. The minimum absolute atomic E-state index is 0.296. The summed E-state index contributed by atoms with van der Waals surface area (Å²) in [5, 5.41) is 1.75. The second-order valence-electron chi connectivity index (χ2n) is 6.46. The Hall–Kier alpha value is -3.12. The van der Waals surface area contributed by atoms with Crippen molar-refractivity contribution in [1.29, 1.82) is 0 Å². The van der Waals surface area contributed by atoms with Gasteiger partial charge in [-0.15, -0.1) is 0 Å². The smallest absolute Gasteiger partial charge is 0.347 e. The zero-order valence-corrected chi connectivity index (χ0v) is 15.8. The molecular weight excluding hydrogens is 408 g/mol. The number of aromatic nitrogens is 2. The van der Waals surface area contributed by atoms with Crippen molar-refractivity contribution in [3.05, 3.63) is 70.5 Å². The maximum Gasteiger partial charge on any atom is 0.347 e. The molecule has 3 heterocycles. The van der Waals surface area contributed by atoms with Crippen molar-refractivity contribution in [2.24, 2.45) is 7.05 Å². The summed E-state index contributed by atoms with van der Waals surface area (Å²) in [6.07, 6.45) is 3.61. The predicted octanol–water partition coefficient (Wildman–Crippen LogP) is 4.42. The number of nitrogens with zero attached hydrogens (tertiary/aromatic N) is 1. The summed E-state index contributed by atoms with van der Waals surface area (Å²) in [6.45, 7) is 0. The monoisotopic (exact) mass is 420 g/mol. The molecule has 0 saturated carbocycles. The standard InChI is InChI=1S/C21H13BrN2O3/c1-24-10-14(12-6-4-7-15(22)19(12)24)18-17(20(25)27-21(18)26)13-9-23-16-8-3-2-5-11(13)16/h2-10,23H,1H3. The summed E-state index contributed by atoms with van der Waals surface area (Å²) < 4.78 is 7.87. The molecule has 0 aliphatic carbocycles. The third-order valence-corrected chi connectivity index (χ3v) is 5.56. The van der Waals surface area contributed by atoms with Gasteiger partial charge >= 0.3 is 11.9 Å². The fourth-order valence-corrected chi connectivity index (χ4v) is 4.42. The Morgan fingerprint density at radius 3 is 2.44 bits per heavy atom. The number of carbonyl (C=O) groups excluding carboxylic acids is 2. The Balaban J connectivity index is 1.87. The van der Waals surface area contributed by atoms with Crippen LogP contribution >= 0.6 is 15.9 Å². The highest BCUT2D eigenvalue weighted by Gasteiger charge is 2.37. The average molecular weight is 421 g/mol. The zero-order valence-electron chi connectivity index (χ0n) is 14.2. The summed E-state index contributed by atoms with van der Waals surface area (Å²) in [4.78, 5) is 28.4. The van der Waals surface area contributed by atoms with Crippen molar-refractivity contribution in [3.8, 4) is 0 Å². The van der Waals surface area contributed by atoms with Gasteiger partial charge < -0.3 is 14.3 Å². The van der Waals surface area contributed by atoms with Crippen molar-refractivity contribution in [3.63, 3.8) is 0 Å². The van der Waals surface area contributed by atoms with Crippen LogP contribution in [0, 0.1) is 0 Å². The van der Waals surface area contributed by atoms with E-state index in [9.17, 15) is 9.59 Å². The molecule has 1 N–H and O–H groups in total. The Bertz CT molecular complexity index is 1310. The number of aryl methyl sites for hydroxylation is 1. The van der Waals surface area contributed by atoms with Crippen molar-refractivity contribution in [2.75, 3.05) is 0 Å². The van der Waals surface area contributed by atoms with E-state index in [1.807, 2.05) is 60.3 Å². The summed E-state index contributed by atoms with van der Waals surface area (Å²) >= 11 is 3.56. The maximum absolute atomic E-state index is 12.6. The Kier molecular flexibility index (Phi) is 3.39.